The molecule has 0 aliphatic carbocycles. The first-order valence-electron chi connectivity index (χ1n) is 8.46. The summed E-state index contributed by atoms with van der Waals surface area (Å²) < 4.78 is 27.9. The standard InChI is InChI=1S/C20H18F2N2OS/c21-15-6-7-17(22)16(9-15)14-8-19(13-4-2-1-3-5-13)24(10-14)20(25)18-11-26-12-23-18/h1-9,18-19,23H,10-12H2/t18-,19?/m0/s1. The fourth-order valence-electron chi connectivity index (χ4n) is 3.43. The predicted octanol–water partition coefficient (Wildman–Crippen LogP) is 3.59. The SMILES string of the molecule is O=C([C@@H]1CSCN1)N1CC(c2cc(F)ccc2F)=CC1c1ccccc1. The highest BCUT2D eigenvalue weighted by Gasteiger charge is 2.36. The third-order valence-electron chi connectivity index (χ3n) is 4.75. The molecule has 3 nitrogen and oxygen atoms in total. The molecule has 2 heterocycles. The van der Waals surface area contributed by atoms with Crippen LogP contribution in [0.1, 0.15) is 17.2 Å². The number of thioether (sulfide) groups is 1. The van der Waals surface area contributed by atoms with Gasteiger partial charge < -0.3 is 4.90 Å². The Morgan fingerprint density at radius 2 is 1.96 bits per heavy atom. The average molecular weight is 372 g/mol. The summed E-state index contributed by atoms with van der Waals surface area (Å²) in [7, 11) is 0. The van der Waals surface area contributed by atoms with Crippen molar-refractivity contribution < 1.29 is 13.6 Å². The fourth-order valence-corrected chi connectivity index (χ4v) is 4.36. The Kier molecular flexibility index (Phi) is 4.78. The van der Waals surface area contributed by atoms with E-state index in [2.05, 4.69) is 5.32 Å². The molecule has 0 saturated carbocycles. The normalized spacial score (nSPS) is 22.5. The highest BCUT2D eigenvalue weighted by atomic mass is 32.2. The molecule has 1 saturated heterocycles. The zero-order valence-electron chi connectivity index (χ0n) is 14.0. The molecule has 0 radical (unpaired) electrons. The van der Waals surface area contributed by atoms with E-state index in [-0.39, 0.29) is 30.1 Å². The van der Waals surface area contributed by atoms with Crippen LogP contribution in [0.15, 0.2) is 54.6 Å². The van der Waals surface area contributed by atoms with Crippen LogP contribution in [-0.2, 0) is 4.79 Å². The lowest BCUT2D eigenvalue weighted by Gasteiger charge is -2.27. The first-order valence-corrected chi connectivity index (χ1v) is 9.61. The van der Waals surface area contributed by atoms with E-state index in [0.29, 0.717) is 5.57 Å². The number of halogens is 2. The van der Waals surface area contributed by atoms with Crippen LogP contribution < -0.4 is 5.32 Å². The zero-order chi connectivity index (χ0) is 18.1. The summed E-state index contributed by atoms with van der Waals surface area (Å²) in [4.78, 5) is 14.8. The Hall–Kier alpha value is -2.18. The summed E-state index contributed by atoms with van der Waals surface area (Å²) in [5.74, 6) is 0.497. The quantitative estimate of drug-likeness (QED) is 0.894. The van der Waals surface area contributed by atoms with Gasteiger partial charge in [-0.05, 0) is 29.3 Å². The summed E-state index contributed by atoms with van der Waals surface area (Å²) in [6.07, 6.45) is 1.87. The fraction of sp³-hybridized carbons (Fsp3) is 0.250. The minimum atomic E-state index is -0.489. The van der Waals surface area contributed by atoms with Crippen molar-refractivity contribution in [3.63, 3.8) is 0 Å². The van der Waals surface area contributed by atoms with E-state index in [1.165, 1.54) is 6.07 Å². The second kappa shape index (κ2) is 7.21. The zero-order valence-corrected chi connectivity index (χ0v) is 14.8. The summed E-state index contributed by atoms with van der Waals surface area (Å²) in [5.41, 5.74) is 1.81. The number of hydrogen-bond donors (Lipinski definition) is 1. The lowest BCUT2D eigenvalue weighted by molar-refractivity contribution is -0.133. The number of amides is 1. The minimum absolute atomic E-state index is 0.00749. The summed E-state index contributed by atoms with van der Waals surface area (Å²) in [6, 6.07) is 12.5. The minimum Gasteiger partial charge on any atom is -0.326 e. The lowest BCUT2D eigenvalue weighted by Crippen LogP contribution is -2.45. The van der Waals surface area contributed by atoms with Crippen LogP contribution in [0.5, 0.6) is 0 Å². The summed E-state index contributed by atoms with van der Waals surface area (Å²) in [6.45, 7) is 0.265. The van der Waals surface area contributed by atoms with Crippen LogP contribution >= 0.6 is 11.8 Å². The molecule has 2 aliphatic heterocycles. The first-order chi connectivity index (χ1) is 12.6. The number of benzene rings is 2. The Labute approximate surface area is 155 Å². The molecule has 2 aliphatic rings. The van der Waals surface area contributed by atoms with E-state index < -0.39 is 11.6 Å². The highest BCUT2D eigenvalue weighted by Crippen LogP contribution is 2.36. The lowest BCUT2D eigenvalue weighted by atomic mass is 10.0. The van der Waals surface area contributed by atoms with Crippen molar-refractivity contribution in [1.29, 1.82) is 0 Å². The van der Waals surface area contributed by atoms with Gasteiger partial charge in [0.25, 0.3) is 0 Å². The highest BCUT2D eigenvalue weighted by molar-refractivity contribution is 7.99. The topological polar surface area (TPSA) is 32.3 Å². The van der Waals surface area contributed by atoms with Gasteiger partial charge in [-0.2, -0.15) is 0 Å². The molecular formula is C20H18F2N2OS. The number of nitrogens with zero attached hydrogens (tertiary/aromatic N) is 1. The van der Waals surface area contributed by atoms with E-state index in [4.69, 9.17) is 0 Å². The molecule has 0 bridgehead atoms. The van der Waals surface area contributed by atoms with Gasteiger partial charge in [0.15, 0.2) is 0 Å². The van der Waals surface area contributed by atoms with Gasteiger partial charge in [0.2, 0.25) is 5.91 Å². The third kappa shape index (κ3) is 3.27. The molecular weight excluding hydrogens is 354 g/mol. The Morgan fingerprint density at radius 1 is 1.15 bits per heavy atom. The number of rotatable bonds is 3. The van der Waals surface area contributed by atoms with Crippen molar-refractivity contribution >= 4 is 23.2 Å². The predicted molar refractivity (Wildman–Crippen MR) is 99.5 cm³/mol. The van der Waals surface area contributed by atoms with Gasteiger partial charge in [-0.25, -0.2) is 8.78 Å². The van der Waals surface area contributed by atoms with Crippen molar-refractivity contribution in [2.24, 2.45) is 0 Å². The van der Waals surface area contributed by atoms with Crippen LogP contribution in [0.25, 0.3) is 5.57 Å². The molecule has 4 rings (SSSR count). The molecule has 2 aromatic rings. The first kappa shape index (κ1) is 17.2. The molecule has 1 unspecified atom stereocenters. The molecule has 134 valence electrons. The van der Waals surface area contributed by atoms with Crippen LogP contribution in [0.4, 0.5) is 8.78 Å². The van der Waals surface area contributed by atoms with Crippen LogP contribution in [0.3, 0.4) is 0 Å². The molecule has 6 heteroatoms. The van der Waals surface area contributed by atoms with Crippen molar-refractivity contribution in [1.82, 2.24) is 10.2 Å². The Balaban J connectivity index is 1.71. The molecule has 26 heavy (non-hydrogen) atoms. The Bertz CT molecular complexity index is 850. The van der Waals surface area contributed by atoms with E-state index in [1.54, 1.807) is 16.7 Å². The maximum Gasteiger partial charge on any atom is 0.241 e. The molecule has 1 fully saturated rings. The second-order valence-corrected chi connectivity index (χ2v) is 7.44. The van der Waals surface area contributed by atoms with Crippen LogP contribution in [-0.4, -0.2) is 35.0 Å². The largest absolute Gasteiger partial charge is 0.326 e. The van der Waals surface area contributed by atoms with Gasteiger partial charge in [-0.15, -0.1) is 11.8 Å². The smallest absolute Gasteiger partial charge is 0.241 e. The number of hydrogen-bond acceptors (Lipinski definition) is 3. The van der Waals surface area contributed by atoms with Gasteiger partial charge in [0, 0.05) is 23.7 Å². The summed E-state index contributed by atoms with van der Waals surface area (Å²) in [5, 5.41) is 3.19. The van der Waals surface area contributed by atoms with Crippen molar-refractivity contribution in [2.75, 3.05) is 18.2 Å². The van der Waals surface area contributed by atoms with E-state index in [9.17, 15) is 13.6 Å². The number of carbonyl (C=O) groups excluding carboxylic acids is 1. The van der Waals surface area contributed by atoms with Crippen molar-refractivity contribution in [3.05, 3.63) is 77.4 Å². The van der Waals surface area contributed by atoms with Gasteiger partial charge in [0.1, 0.15) is 11.6 Å². The summed E-state index contributed by atoms with van der Waals surface area (Å²) >= 11 is 1.68. The average Bonchev–Trinajstić information content (AvgIpc) is 3.34. The van der Waals surface area contributed by atoms with E-state index in [0.717, 1.165) is 29.3 Å². The molecule has 0 aromatic heterocycles. The molecule has 1 amide bonds. The van der Waals surface area contributed by atoms with Crippen LogP contribution in [0, 0.1) is 11.6 Å². The van der Waals surface area contributed by atoms with Crippen molar-refractivity contribution in [2.45, 2.75) is 12.1 Å². The van der Waals surface area contributed by atoms with Gasteiger partial charge >= 0.3 is 0 Å². The molecule has 2 aromatic carbocycles. The maximum absolute atomic E-state index is 14.3. The molecule has 1 N–H and O–H groups in total. The second-order valence-electron chi connectivity index (χ2n) is 6.41. The van der Waals surface area contributed by atoms with E-state index >= 15 is 0 Å². The van der Waals surface area contributed by atoms with Crippen molar-refractivity contribution in [3.8, 4) is 0 Å². The van der Waals surface area contributed by atoms with Gasteiger partial charge in [0.05, 0.1) is 12.1 Å². The van der Waals surface area contributed by atoms with E-state index in [1.807, 2.05) is 36.4 Å². The maximum atomic E-state index is 14.3. The van der Waals surface area contributed by atoms with Gasteiger partial charge in [-0.1, -0.05) is 36.4 Å². The Morgan fingerprint density at radius 3 is 2.69 bits per heavy atom. The molecule has 2 atom stereocenters. The number of nitrogens with one attached hydrogen (secondary N) is 1. The van der Waals surface area contributed by atoms with Gasteiger partial charge in [-0.3, -0.25) is 10.1 Å². The molecule has 0 spiro atoms. The third-order valence-corrected chi connectivity index (χ3v) is 5.69. The monoisotopic (exact) mass is 372 g/mol. The van der Waals surface area contributed by atoms with Crippen LogP contribution in [0.2, 0.25) is 0 Å². The number of carbonyl (C=O) groups is 1.